The van der Waals surface area contributed by atoms with Gasteiger partial charge in [-0.05, 0) is 18.2 Å². The van der Waals surface area contributed by atoms with Crippen molar-refractivity contribution < 1.29 is 19.7 Å². The summed E-state index contributed by atoms with van der Waals surface area (Å²) in [6.45, 7) is -0.510. The average molecular weight is 377 g/mol. The molecule has 0 bridgehead atoms. The van der Waals surface area contributed by atoms with Crippen molar-refractivity contribution in [3.8, 4) is 5.75 Å². The molecule has 0 spiro atoms. The highest BCUT2D eigenvalue weighted by Crippen LogP contribution is 2.32. The third-order valence-electron chi connectivity index (χ3n) is 3.05. The second-order valence-electron chi connectivity index (χ2n) is 4.72. The number of aliphatic imine (C=N–C) groups is 1. The molecule has 2 rings (SSSR count). The molecule has 0 aliphatic carbocycles. The third-order valence-corrected chi connectivity index (χ3v) is 3.38. The molecule has 10 heteroatoms. The normalized spacial score (nSPS) is 12.6. The summed E-state index contributed by atoms with van der Waals surface area (Å²) in [6.07, 6.45) is -1.00. The SMILES string of the molecule is CNC(N)=NC(=O)c1cc2c(Cl)ccc(OCC(O)CO)c2[nH]1.Cl. The Balaban J connectivity index is 0.00000288. The number of carbonyl (C=O) groups is 1. The van der Waals surface area contributed by atoms with E-state index in [2.05, 4.69) is 15.3 Å². The fraction of sp³-hybridized carbons (Fsp3) is 0.286. The van der Waals surface area contributed by atoms with Gasteiger partial charge in [0.15, 0.2) is 5.96 Å². The van der Waals surface area contributed by atoms with Crippen LogP contribution >= 0.6 is 24.0 Å². The molecule has 1 aromatic heterocycles. The molecule has 1 heterocycles. The first-order valence-corrected chi connectivity index (χ1v) is 7.13. The van der Waals surface area contributed by atoms with E-state index in [0.717, 1.165) is 0 Å². The Morgan fingerprint density at radius 2 is 2.25 bits per heavy atom. The molecule has 1 aromatic carbocycles. The number of rotatable bonds is 5. The predicted molar refractivity (Wildman–Crippen MR) is 94.2 cm³/mol. The number of aromatic amines is 1. The Morgan fingerprint density at radius 3 is 2.88 bits per heavy atom. The first kappa shape index (κ1) is 20.0. The number of aliphatic hydroxyl groups excluding tert-OH is 2. The van der Waals surface area contributed by atoms with Crippen molar-refractivity contribution in [2.24, 2.45) is 10.7 Å². The van der Waals surface area contributed by atoms with E-state index in [1.54, 1.807) is 25.2 Å². The molecule has 2 aromatic rings. The molecule has 1 atom stereocenters. The number of aromatic nitrogens is 1. The van der Waals surface area contributed by atoms with Crippen LogP contribution in [0.1, 0.15) is 10.5 Å². The van der Waals surface area contributed by atoms with Crippen LogP contribution in [-0.2, 0) is 0 Å². The number of carbonyl (C=O) groups excluding carboxylic acids is 1. The largest absolute Gasteiger partial charge is 0.489 e. The minimum atomic E-state index is -1.00. The molecule has 0 radical (unpaired) electrons. The smallest absolute Gasteiger partial charge is 0.296 e. The van der Waals surface area contributed by atoms with Crippen LogP contribution in [0, 0.1) is 0 Å². The molecule has 0 fully saturated rings. The minimum Gasteiger partial charge on any atom is -0.489 e. The number of nitrogens with two attached hydrogens (primary N) is 1. The van der Waals surface area contributed by atoms with Gasteiger partial charge >= 0.3 is 0 Å². The van der Waals surface area contributed by atoms with Gasteiger partial charge in [-0.15, -0.1) is 12.4 Å². The number of aliphatic hydroxyl groups is 2. The molecular formula is C14H18Cl2N4O4. The number of fused-ring (bicyclic) bond motifs is 1. The molecule has 132 valence electrons. The lowest BCUT2D eigenvalue weighted by Crippen LogP contribution is -2.28. The first-order valence-electron chi connectivity index (χ1n) is 6.75. The van der Waals surface area contributed by atoms with E-state index in [1.807, 2.05) is 0 Å². The number of ether oxygens (including phenoxy) is 1. The minimum absolute atomic E-state index is 0. The van der Waals surface area contributed by atoms with E-state index in [-0.39, 0.29) is 30.7 Å². The van der Waals surface area contributed by atoms with Gasteiger partial charge in [-0.1, -0.05) is 11.6 Å². The van der Waals surface area contributed by atoms with E-state index in [1.165, 1.54) is 0 Å². The van der Waals surface area contributed by atoms with Crippen molar-refractivity contribution in [1.82, 2.24) is 10.3 Å². The average Bonchev–Trinajstić information content (AvgIpc) is 3.00. The molecule has 1 amide bonds. The van der Waals surface area contributed by atoms with Gasteiger partial charge in [0.1, 0.15) is 24.2 Å². The Kier molecular flexibility index (Phi) is 7.30. The molecule has 24 heavy (non-hydrogen) atoms. The number of benzene rings is 1. The van der Waals surface area contributed by atoms with Crippen molar-refractivity contribution in [1.29, 1.82) is 0 Å². The quantitative estimate of drug-likeness (QED) is 0.384. The van der Waals surface area contributed by atoms with Crippen molar-refractivity contribution >= 4 is 46.8 Å². The Morgan fingerprint density at radius 1 is 1.54 bits per heavy atom. The predicted octanol–water partition coefficient (Wildman–Crippen LogP) is 0.649. The second-order valence-corrected chi connectivity index (χ2v) is 5.12. The molecule has 8 nitrogen and oxygen atoms in total. The van der Waals surface area contributed by atoms with Gasteiger partial charge < -0.3 is 31.0 Å². The van der Waals surface area contributed by atoms with Crippen molar-refractivity contribution in [3.05, 3.63) is 28.9 Å². The molecule has 1 unspecified atom stereocenters. The van der Waals surface area contributed by atoms with Gasteiger partial charge in [-0.25, -0.2) is 0 Å². The Labute approximate surface area is 149 Å². The Bertz CT molecular complexity index is 748. The van der Waals surface area contributed by atoms with Gasteiger partial charge in [0.2, 0.25) is 0 Å². The van der Waals surface area contributed by atoms with E-state index in [9.17, 15) is 9.90 Å². The van der Waals surface area contributed by atoms with Crippen LogP contribution in [0.4, 0.5) is 0 Å². The third kappa shape index (κ3) is 4.51. The van der Waals surface area contributed by atoms with Crippen LogP contribution in [0.5, 0.6) is 5.75 Å². The van der Waals surface area contributed by atoms with Crippen molar-refractivity contribution in [2.75, 3.05) is 20.3 Å². The number of halogens is 2. The van der Waals surface area contributed by atoms with Crippen LogP contribution in [0.3, 0.4) is 0 Å². The molecule has 0 aliphatic rings. The zero-order chi connectivity index (χ0) is 17.0. The highest BCUT2D eigenvalue weighted by molar-refractivity contribution is 6.35. The van der Waals surface area contributed by atoms with Crippen LogP contribution in [-0.4, -0.2) is 53.4 Å². The maximum absolute atomic E-state index is 12.0. The fourth-order valence-electron chi connectivity index (χ4n) is 1.86. The number of guanidine groups is 1. The number of hydrogen-bond donors (Lipinski definition) is 5. The molecule has 0 aliphatic heterocycles. The molecule has 6 N–H and O–H groups in total. The summed E-state index contributed by atoms with van der Waals surface area (Å²) < 4.78 is 5.44. The summed E-state index contributed by atoms with van der Waals surface area (Å²) in [4.78, 5) is 18.6. The fourth-order valence-corrected chi connectivity index (χ4v) is 2.07. The molecular weight excluding hydrogens is 359 g/mol. The number of amides is 1. The number of hydrogen-bond acceptors (Lipinski definition) is 4. The summed E-state index contributed by atoms with van der Waals surface area (Å²) in [6, 6.07) is 4.75. The van der Waals surface area contributed by atoms with E-state index in [4.69, 9.17) is 27.2 Å². The maximum Gasteiger partial charge on any atom is 0.296 e. The summed E-state index contributed by atoms with van der Waals surface area (Å²) in [5, 5.41) is 21.7. The highest BCUT2D eigenvalue weighted by atomic mass is 35.5. The van der Waals surface area contributed by atoms with Crippen LogP contribution in [0.25, 0.3) is 10.9 Å². The highest BCUT2D eigenvalue weighted by Gasteiger charge is 2.15. The van der Waals surface area contributed by atoms with Gasteiger partial charge in [0.25, 0.3) is 5.91 Å². The van der Waals surface area contributed by atoms with Gasteiger partial charge in [0, 0.05) is 12.4 Å². The second kappa shape index (κ2) is 8.74. The Hall–Kier alpha value is -2.00. The molecule has 0 saturated carbocycles. The number of nitrogens with one attached hydrogen (secondary N) is 2. The van der Waals surface area contributed by atoms with Crippen molar-refractivity contribution in [3.63, 3.8) is 0 Å². The molecule has 0 saturated heterocycles. The summed E-state index contributed by atoms with van der Waals surface area (Å²) in [7, 11) is 1.55. The zero-order valence-electron chi connectivity index (χ0n) is 12.7. The lowest BCUT2D eigenvalue weighted by Gasteiger charge is -2.10. The maximum atomic E-state index is 12.0. The number of H-pyrrole nitrogens is 1. The monoisotopic (exact) mass is 376 g/mol. The van der Waals surface area contributed by atoms with Crippen molar-refractivity contribution in [2.45, 2.75) is 6.10 Å². The summed E-state index contributed by atoms with van der Waals surface area (Å²) in [5.41, 5.74) is 6.15. The van der Waals surface area contributed by atoms with E-state index in [0.29, 0.717) is 21.7 Å². The van der Waals surface area contributed by atoms with Crippen LogP contribution in [0.2, 0.25) is 5.02 Å². The lowest BCUT2D eigenvalue weighted by molar-refractivity contribution is 0.0540. The van der Waals surface area contributed by atoms with Crippen LogP contribution in [0.15, 0.2) is 23.2 Å². The topological polar surface area (TPSA) is 133 Å². The lowest BCUT2D eigenvalue weighted by atomic mass is 10.2. The van der Waals surface area contributed by atoms with E-state index >= 15 is 0 Å². The zero-order valence-corrected chi connectivity index (χ0v) is 14.3. The standard InChI is InChI=1S/C14H17ClN4O4.ClH/c1-17-14(16)19-13(22)10-4-8-9(15)2-3-11(12(8)18-10)23-6-7(21)5-20;/h2-4,7,18,20-21H,5-6H2,1H3,(H3,16,17,19,22);1H. The van der Waals surface area contributed by atoms with Gasteiger partial charge in [-0.2, -0.15) is 4.99 Å². The summed E-state index contributed by atoms with van der Waals surface area (Å²) >= 11 is 6.12. The van der Waals surface area contributed by atoms with E-state index < -0.39 is 18.6 Å². The van der Waals surface area contributed by atoms with Gasteiger partial charge in [-0.3, -0.25) is 4.79 Å². The summed E-state index contributed by atoms with van der Waals surface area (Å²) in [5.74, 6) is -0.186. The number of nitrogens with zero attached hydrogens (tertiary/aromatic N) is 1. The first-order chi connectivity index (χ1) is 11.0. The van der Waals surface area contributed by atoms with Gasteiger partial charge in [0.05, 0.1) is 17.1 Å². The van der Waals surface area contributed by atoms with Crippen LogP contribution < -0.4 is 15.8 Å².